The van der Waals surface area contributed by atoms with Crippen molar-refractivity contribution in [3.63, 3.8) is 0 Å². The maximum atomic E-state index is 10.9. The molecule has 6 nitrogen and oxygen atoms in total. The molecular formula is C14H18O6S. The summed E-state index contributed by atoms with van der Waals surface area (Å²) < 4.78 is 4.92. The van der Waals surface area contributed by atoms with E-state index in [1.807, 2.05) is 0 Å². The first-order chi connectivity index (χ1) is 9.90. The number of ether oxygens (including phenoxy) is 1. The van der Waals surface area contributed by atoms with E-state index in [0.29, 0.717) is 12.0 Å². The van der Waals surface area contributed by atoms with E-state index >= 15 is 0 Å². The smallest absolute Gasteiger partial charge is 0.185 e. The second kappa shape index (κ2) is 8.02. The summed E-state index contributed by atoms with van der Waals surface area (Å²) in [5.41, 5.74) is 0.223. The summed E-state index contributed by atoms with van der Waals surface area (Å²) in [6.45, 7) is 1.43. The van der Waals surface area contributed by atoms with Crippen molar-refractivity contribution in [2.24, 2.45) is 0 Å². The highest BCUT2D eigenvalue weighted by molar-refractivity contribution is 8.13. The zero-order valence-corrected chi connectivity index (χ0v) is 12.6. The van der Waals surface area contributed by atoms with Gasteiger partial charge in [-0.25, -0.2) is 0 Å². The van der Waals surface area contributed by atoms with Crippen molar-refractivity contribution in [1.29, 1.82) is 0 Å². The van der Waals surface area contributed by atoms with E-state index < -0.39 is 12.2 Å². The molecule has 0 aromatic heterocycles. The number of aromatic hydroxyl groups is 1. The average molecular weight is 314 g/mol. The minimum Gasteiger partial charge on any atom is -0.504 e. The number of rotatable bonds is 7. The molecule has 0 radical (unpaired) electrons. The van der Waals surface area contributed by atoms with Gasteiger partial charge >= 0.3 is 0 Å². The van der Waals surface area contributed by atoms with Crippen LogP contribution in [0.15, 0.2) is 12.1 Å². The number of phenolic OH excluding ortho intramolecular Hbond substituents is 1. The van der Waals surface area contributed by atoms with E-state index in [1.54, 1.807) is 0 Å². The molecule has 0 aliphatic carbocycles. The van der Waals surface area contributed by atoms with Crippen molar-refractivity contribution >= 4 is 23.2 Å². The van der Waals surface area contributed by atoms with Crippen LogP contribution in [0.5, 0.6) is 11.5 Å². The second-order valence-corrected chi connectivity index (χ2v) is 5.69. The lowest BCUT2D eigenvalue weighted by molar-refractivity contribution is -0.109. The van der Waals surface area contributed by atoms with Crippen molar-refractivity contribution in [3.8, 4) is 11.5 Å². The highest BCUT2D eigenvalue weighted by Gasteiger charge is 2.21. The summed E-state index contributed by atoms with van der Waals surface area (Å²) in [4.78, 5) is 21.7. The fourth-order valence-electron chi connectivity index (χ4n) is 1.77. The van der Waals surface area contributed by atoms with Gasteiger partial charge in [0.05, 0.1) is 18.8 Å². The molecule has 116 valence electrons. The summed E-state index contributed by atoms with van der Waals surface area (Å²) in [6, 6.07) is 2.64. The molecule has 0 spiro atoms. The van der Waals surface area contributed by atoms with Crippen molar-refractivity contribution in [2.45, 2.75) is 25.6 Å². The Morgan fingerprint density at radius 2 is 2.10 bits per heavy atom. The quantitative estimate of drug-likeness (QED) is 0.651. The molecule has 0 amide bonds. The Morgan fingerprint density at radius 3 is 2.62 bits per heavy atom. The Morgan fingerprint density at radius 1 is 1.43 bits per heavy atom. The highest BCUT2D eigenvalue weighted by Crippen LogP contribution is 2.33. The number of aliphatic hydroxyl groups is 2. The minimum atomic E-state index is -1.24. The van der Waals surface area contributed by atoms with Gasteiger partial charge in [0.1, 0.15) is 6.10 Å². The summed E-state index contributed by atoms with van der Waals surface area (Å²) in [6.07, 6.45) is -1.69. The maximum absolute atomic E-state index is 10.9. The number of methoxy groups -OCH3 is 1. The molecule has 0 heterocycles. The van der Waals surface area contributed by atoms with Crippen LogP contribution in [-0.4, -0.2) is 45.7 Å². The Labute approximate surface area is 126 Å². The normalized spacial score (nSPS) is 13.5. The predicted molar refractivity (Wildman–Crippen MR) is 78.8 cm³/mol. The topological polar surface area (TPSA) is 104 Å². The molecule has 2 atom stereocenters. The van der Waals surface area contributed by atoms with Gasteiger partial charge in [0.15, 0.2) is 22.9 Å². The number of carbonyl (C=O) groups is 2. The molecule has 1 aromatic rings. The van der Waals surface area contributed by atoms with E-state index in [1.165, 1.54) is 26.2 Å². The number of carbonyl (C=O) groups excluding carboxylic acids is 2. The van der Waals surface area contributed by atoms with Gasteiger partial charge in [-0.3, -0.25) is 9.59 Å². The number of thioether (sulfide) groups is 1. The lowest BCUT2D eigenvalue weighted by Gasteiger charge is -2.19. The number of hydrogen-bond donors (Lipinski definition) is 3. The largest absolute Gasteiger partial charge is 0.504 e. The fourth-order valence-corrected chi connectivity index (χ4v) is 2.42. The number of aliphatic hydroxyl groups excluding tert-OH is 2. The third-order valence-electron chi connectivity index (χ3n) is 2.90. The Bertz CT molecular complexity index is 516. The molecule has 1 rings (SSSR count). The molecule has 3 N–H and O–H groups in total. The van der Waals surface area contributed by atoms with Crippen LogP contribution in [0.3, 0.4) is 0 Å². The molecule has 0 aliphatic rings. The first-order valence-electron chi connectivity index (χ1n) is 6.26. The van der Waals surface area contributed by atoms with Gasteiger partial charge in [0.25, 0.3) is 0 Å². The van der Waals surface area contributed by atoms with Crippen molar-refractivity contribution in [2.75, 3.05) is 12.9 Å². The van der Waals surface area contributed by atoms with Crippen LogP contribution >= 0.6 is 11.8 Å². The van der Waals surface area contributed by atoms with E-state index in [2.05, 4.69) is 0 Å². The Hall–Kier alpha value is -1.57. The minimum absolute atomic E-state index is 0.0336. The van der Waals surface area contributed by atoms with Gasteiger partial charge in [0, 0.05) is 12.7 Å². The number of phenols is 1. The van der Waals surface area contributed by atoms with Gasteiger partial charge < -0.3 is 20.1 Å². The predicted octanol–water partition coefficient (Wildman–Crippen LogP) is 1.28. The van der Waals surface area contributed by atoms with Crippen LogP contribution in [0.25, 0.3) is 0 Å². The second-order valence-electron chi connectivity index (χ2n) is 4.42. The molecule has 2 unspecified atom stereocenters. The molecule has 0 bridgehead atoms. The lowest BCUT2D eigenvalue weighted by Crippen LogP contribution is -2.19. The zero-order valence-electron chi connectivity index (χ0n) is 11.8. The molecule has 0 saturated carbocycles. The van der Waals surface area contributed by atoms with Gasteiger partial charge in [-0.1, -0.05) is 11.8 Å². The number of aldehydes is 1. The maximum Gasteiger partial charge on any atom is 0.185 e. The number of hydrogen-bond acceptors (Lipinski definition) is 7. The standard InChI is InChI=1S/C14H18O6S/c1-8(16)21-4-3-11(17)13(18)9-5-10(7-15)14(19)12(6-9)20-2/h5-7,11,13,17-19H,3-4H2,1-2H3. The van der Waals surface area contributed by atoms with Crippen molar-refractivity contribution in [3.05, 3.63) is 23.3 Å². The highest BCUT2D eigenvalue weighted by atomic mass is 32.2. The molecular weight excluding hydrogens is 296 g/mol. The molecule has 1 aromatic carbocycles. The van der Waals surface area contributed by atoms with E-state index in [-0.39, 0.29) is 34.2 Å². The van der Waals surface area contributed by atoms with E-state index in [0.717, 1.165) is 11.8 Å². The van der Waals surface area contributed by atoms with Gasteiger partial charge in [-0.2, -0.15) is 0 Å². The summed E-state index contributed by atoms with van der Waals surface area (Å²) in [5.74, 6) is 0.104. The van der Waals surface area contributed by atoms with Crippen LogP contribution in [0, 0.1) is 0 Å². The van der Waals surface area contributed by atoms with Crippen LogP contribution in [0.2, 0.25) is 0 Å². The fraction of sp³-hybridized carbons (Fsp3) is 0.429. The first-order valence-corrected chi connectivity index (χ1v) is 7.24. The third-order valence-corrected chi connectivity index (χ3v) is 3.74. The zero-order chi connectivity index (χ0) is 16.0. The van der Waals surface area contributed by atoms with Crippen molar-refractivity contribution < 1.29 is 29.6 Å². The van der Waals surface area contributed by atoms with Crippen molar-refractivity contribution in [1.82, 2.24) is 0 Å². The van der Waals surface area contributed by atoms with Gasteiger partial charge in [-0.05, 0) is 24.1 Å². The molecule has 0 saturated heterocycles. The average Bonchev–Trinajstić information content (AvgIpc) is 2.46. The van der Waals surface area contributed by atoms with Crippen LogP contribution in [0.4, 0.5) is 0 Å². The van der Waals surface area contributed by atoms with Crippen LogP contribution < -0.4 is 4.74 Å². The first kappa shape index (κ1) is 17.5. The molecule has 0 fully saturated rings. The summed E-state index contributed by atoms with van der Waals surface area (Å²) >= 11 is 1.06. The Balaban J connectivity index is 2.88. The Kier molecular flexibility index (Phi) is 6.67. The molecule has 7 heteroatoms. The molecule has 21 heavy (non-hydrogen) atoms. The summed E-state index contributed by atoms with van der Waals surface area (Å²) in [5, 5.41) is 29.6. The van der Waals surface area contributed by atoms with Gasteiger partial charge in [0.2, 0.25) is 0 Å². The number of benzene rings is 1. The monoisotopic (exact) mass is 314 g/mol. The van der Waals surface area contributed by atoms with Crippen LogP contribution in [-0.2, 0) is 4.79 Å². The molecule has 0 aliphatic heterocycles. The lowest BCUT2D eigenvalue weighted by atomic mass is 9.99. The summed E-state index contributed by atoms with van der Waals surface area (Å²) in [7, 11) is 1.32. The van der Waals surface area contributed by atoms with Crippen LogP contribution in [0.1, 0.15) is 35.4 Å². The SMILES string of the molecule is COc1cc(C(O)C(O)CCSC(C)=O)cc(C=O)c1O. The third kappa shape index (κ3) is 4.73. The van der Waals surface area contributed by atoms with E-state index in [9.17, 15) is 24.9 Å². The van der Waals surface area contributed by atoms with E-state index in [4.69, 9.17) is 4.74 Å². The van der Waals surface area contributed by atoms with Gasteiger partial charge in [-0.15, -0.1) is 0 Å².